The molecule has 6 heteroatoms. The zero-order valence-corrected chi connectivity index (χ0v) is 16.1. The number of nitrogens with zero attached hydrogens (tertiary/aromatic N) is 2. The van der Waals surface area contributed by atoms with E-state index in [4.69, 9.17) is 0 Å². The molecule has 2 atom stereocenters. The Bertz CT molecular complexity index is 795. The van der Waals surface area contributed by atoms with Crippen molar-refractivity contribution in [3.63, 3.8) is 0 Å². The average molecular weight is 383 g/mol. The van der Waals surface area contributed by atoms with Crippen LogP contribution in [0.3, 0.4) is 0 Å². The van der Waals surface area contributed by atoms with Gasteiger partial charge in [0.25, 0.3) is 5.91 Å². The van der Waals surface area contributed by atoms with Gasteiger partial charge in [-0.2, -0.15) is 0 Å². The second-order valence-electron chi connectivity index (χ2n) is 7.32. The van der Waals surface area contributed by atoms with E-state index < -0.39 is 0 Å². The van der Waals surface area contributed by atoms with Gasteiger partial charge in [-0.1, -0.05) is 19.4 Å². The number of likely N-dealkylation sites (tertiary alicyclic amines) is 1. The van der Waals surface area contributed by atoms with Crippen LogP contribution in [0.15, 0.2) is 48.8 Å². The zero-order chi connectivity index (χ0) is 19.9. The van der Waals surface area contributed by atoms with Gasteiger partial charge in [-0.3, -0.25) is 14.6 Å². The molecule has 2 amide bonds. The number of carbonyl (C=O) groups is 2. The van der Waals surface area contributed by atoms with E-state index in [0.29, 0.717) is 31.6 Å². The van der Waals surface area contributed by atoms with Crippen molar-refractivity contribution in [2.45, 2.75) is 32.7 Å². The van der Waals surface area contributed by atoms with Crippen LogP contribution in [0.1, 0.15) is 42.1 Å². The quantitative estimate of drug-likeness (QED) is 0.831. The van der Waals surface area contributed by atoms with Crippen molar-refractivity contribution in [2.24, 2.45) is 11.8 Å². The first-order valence-electron chi connectivity index (χ1n) is 9.77. The molecule has 5 nitrogen and oxygen atoms in total. The lowest BCUT2D eigenvalue weighted by atomic mass is 9.81. The molecule has 1 N–H and O–H groups in total. The number of piperidine rings is 1. The Labute approximate surface area is 165 Å². The van der Waals surface area contributed by atoms with Gasteiger partial charge >= 0.3 is 0 Å². The summed E-state index contributed by atoms with van der Waals surface area (Å²) in [5.74, 6) is 0.154. The zero-order valence-electron chi connectivity index (χ0n) is 16.1. The van der Waals surface area contributed by atoms with Crippen LogP contribution >= 0.6 is 0 Å². The van der Waals surface area contributed by atoms with Gasteiger partial charge in [0.1, 0.15) is 5.82 Å². The molecule has 0 bridgehead atoms. The highest BCUT2D eigenvalue weighted by molar-refractivity contribution is 5.94. The van der Waals surface area contributed by atoms with Crippen molar-refractivity contribution in [3.05, 3.63) is 65.7 Å². The number of aromatic nitrogens is 1. The molecule has 148 valence electrons. The fraction of sp³-hybridized carbons (Fsp3) is 0.409. The molecule has 28 heavy (non-hydrogen) atoms. The highest BCUT2D eigenvalue weighted by atomic mass is 19.1. The molecule has 1 aromatic carbocycles. The van der Waals surface area contributed by atoms with Crippen LogP contribution in [0.25, 0.3) is 0 Å². The van der Waals surface area contributed by atoms with Crippen molar-refractivity contribution in [1.29, 1.82) is 0 Å². The second-order valence-corrected chi connectivity index (χ2v) is 7.32. The monoisotopic (exact) mass is 383 g/mol. The largest absolute Gasteiger partial charge is 0.352 e. The molecule has 1 aliphatic rings. The normalized spacial score (nSPS) is 19.3. The van der Waals surface area contributed by atoms with Gasteiger partial charge in [-0.15, -0.1) is 0 Å². The Balaban J connectivity index is 1.53. The van der Waals surface area contributed by atoms with E-state index in [1.165, 1.54) is 24.3 Å². The Morgan fingerprint density at radius 2 is 2.00 bits per heavy atom. The van der Waals surface area contributed by atoms with Crippen LogP contribution < -0.4 is 5.32 Å². The maximum absolute atomic E-state index is 13.1. The number of benzene rings is 1. The minimum Gasteiger partial charge on any atom is -0.352 e. The molecule has 2 heterocycles. The summed E-state index contributed by atoms with van der Waals surface area (Å²) in [5, 5.41) is 2.96. The Hall–Kier alpha value is -2.76. The van der Waals surface area contributed by atoms with Crippen LogP contribution in [0, 0.1) is 17.7 Å². The third-order valence-corrected chi connectivity index (χ3v) is 5.45. The topological polar surface area (TPSA) is 62.3 Å². The van der Waals surface area contributed by atoms with Crippen LogP contribution in [-0.4, -0.2) is 34.8 Å². The minimum atomic E-state index is -0.348. The molecular formula is C22H26FN3O2. The molecule has 1 aromatic heterocycles. The van der Waals surface area contributed by atoms with Crippen molar-refractivity contribution in [1.82, 2.24) is 15.2 Å². The number of amides is 2. The Kier molecular flexibility index (Phi) is 6.74. The molecular weight excluding hydrogens is 357 g/mol. The summed E-state index contributed by atoms with van der Waals surface area (Å²) < 4.78 is 13.1. The maximum Gasteiger partial charge on any atom is 0.253 e. The Morgan fingerprint density at radius 1 is 1.21 bits per heavy atom. The summed E-state index contributed by atoms with van der Waals surface area (Å²) in [7, 11) is 0. The molecule has 1 fully saturated rings. The molecule has 0 spiro atoms. The van der Waals surface area contributed by atoms with E-state index in [-0.39, 0.29) is 29.5 Å². The smallest absolute Gasteiger partial charge is 0.253 e. The lowest BCUT2D eigenvalue weighted by Gasteiger charge is -2.38. The number of nitrogens with one attached hydrogen (secondary N) is 1. The van der Waals surface area contributed by atoms with Crippen LogP contribution in [0.2, 0.25) is 0 Å². The standard InChI is InChI=1S/C22H26FN3O2/c1-2-17-15-26(22(28)18-5-7-20(23)8-6-18)11-9-19(17)12-21(27)25-14-16-4-3-10-24-13-16/h3-8,10,13,17,19H,2,9,11-12,14-15H2,1H3,(H,25,27). The van der Waals surface area contributed by atoms with Crippen LogP contribution in [-0.2, 0) is 11.3 Å². The summed E-state index contributed by atoms with van der Waals surface area (Å²) in [6.07, 6.45) is 5.63. The van der Waals surface area contributed by atoms with Crippen molar-refractivity contribution in [2.75, 3.05) is 13.1 Å². The maximum atomic E-state index is 13.1. The van der Waals surface area contributed by atoms with Gasteiger partial charge in [0.05, 0.1) is 0 Å². The summed E-state index contributed by atoms with van der Waals surface area (Å²) >= 11 is 0. The molecule has 1 saturated heterocycles. The predicted molar refractivity (Wildman–Crippen MR) is 105 cm³/mol. The highest BCUT2D eigenvalue weighted by Gasteiger charge is 2.32. The van der Waals surface area contributed by atoms with Crippen LogP contribution in [0.5, 0.6) is 0 Å². The van der Waals surface area contributed by atoms with E-state index in [1.807, 2.05) is 17.0 Å². The van der Waals surface area contributed by atoms with E-state index in [0.717, 1.165) is 18.4 Å². The number of hydrogen-bond acceptors (Lipinski definition) is 3. The molecule has 0 saturated carbocycles. The second kappa shape index (κ2) is 9.44. The minimum absolute atomic E-state index is 0.0330. The van der Waals surface area contributed by atoms with Crippen molar-refractivity contribution < 1.29 is 14.0 Å². The molecule has 3 rings (SSSR count). The van der Waals surface area contributed by atoms with Gasteiger partial charge in [-0.05, 0) is 54.2 Å². The lowest BCUT2D eigenvalue weighted by molar-refractivity contribution is -0.123. The predicted octanol–water partition coefficient (Wildman–Crippen LogP) is 3.42. The van der Waals surface area contributed by atoms with Gasteiger partial charge in [0.15, 0.2) is 0 Å². The number of pyridine rings is 1. The lowest BCUT2D eigenvalue weighted by Crippen LogP contribution is -2.44. The van der Waals surface area contributed by atoms with Gasteiger partial charge in [0.2, 0.25) is 5.91 Å². The first-order chi connectivity index (χ1) is 13.6. The number of rotatable bonds is 6. The summed E-state index contributed by atoms with van der Waals surface area (Å²) in [6, 6.07) is 9.45. The van der Waals surface area contributed by atoms with Gasteiger partial charge < -0.3 is 10.2 Å². The first-order valence-corrected chi connectivity index (χ1v) is 9.77. The molecule has 0 aliphatic carbocycles. The SMILES string of the molecule is CCC1CN(C(=O)c2ccc(F)cc2)CCC1CC(=O)NCc1cccnc1. The van der Waals surface area contributed by atoms with E-state index in [9.17, 15) is 14.0 Å². The third kappa shape index (κ3) is 5.15. The number of carbonyl (C=O) groups excluding carboxylic acids is 2. The summed E-state index contributed by atoms with van der Waals surface area (Å²) in [6.45, 7) is 3.82. The average Bonchev–Trinajstić information content (AvgIpc) is 2.73. The van der Waals surface area contributed by atoms with Crippen LogP contribution in [0.4, 0.5) is 4.39 Å². The fourth-order valence-corrected chi connectivity index (χ4v) is 3.79. The van der Waals surface area contributed by atoms with E-state index >= 15 is 0 Å². The number of halogens is 1. The molecule has 2 aromatic rings. The number of hydrogen-bond donors (Lipinski definition) is 1. The Morgan fingerprint density at radius 3 is 2.68 bits per heavy atom. The van der Waals surface area contributed by atoms with E-state index in [2.05, 4.69) is 17.2 Å². The fourth-order valence-electron chi connectivity index (χ4n) is 3.79. The summed E-state index contributed by atoms with van der Waals surface area (Å²) in [5.41, 5.74) is 1.48. The van der Waals surface area contributed by atoms with Crippen molar-refractivity contribution >= 4 is 11.8 Å². The molecule has 0 radical (unpaired) electrons. The molecule has 1 aliphatic heterocycles. The van der Waals surface area contributed by atoms with Gasteiger partial charge in [0, 0.05) is 44.0 Å². The highest BCUT2D eigenvalue weighted by Crippen LogP contribution is 2.29. The van der Waals surface area contributed by atoms with E-state index in [1.54, 1.807) is 12.4 Å². The molecule has 2 unspecified atom stereocenters. The third-order valence-electron chi connectivity index (χ3n) is 5.45. The summed E-state index contributed by atoms with van der Waals surface area (Å²) in [4.78, 5) is 30.9. The first kappa shape index (κ1) is 20.0. The van der Waals surface area contributed by atoms with Gasteiger partial charge in [-0.25, -0.2) is 4.39 Å². The van der Waals surface area contributed by atoms with Crippen molar-refractivity contribution in [3.8, 4) is 0 Å².